The number of nitro groups is 1. The summed E-state index contributed by atoms with van der Waals surface area (Å²) in [5, 5.41) is 14.5. The lowest BCUT2D eigenvalue weighted by molar-refractivity contribution is -0.384. The molecule has 0 amide bonds. The molecule has 0 aliphatic carbocycles. The van der Waals surface area contributed by atoms with Crippen LogP contribution in [0.25, 0.3) is 11.0 Å². The van der Waals surface area contributed by atoms with E-state index in [0.717, 1.165) is 28.6 Å². The maximum atomic E-state index is 13.2. The number of anilines is 3. The number of hydrogen-bond donors (Lipinski definition) is 2. The molecule has 2 aromatic carbocycles. The van der Waals surface area contributed by atoms with Crippen molar-refractivity contribution in [1.82, 2.24) is 9.97 Å². The van der Waals surface area contributed by atoms with Crippen molar-refractivity contribution in [2.24, 2.45) is 0 Å². The third kappa shape index (κ3) is 5.33. The minimum Gasteiger partial charge on any atom is -0.462 e. The number of nitrogens with zero attached hydrogens (tertiary/aromatic N) is 3. The molecule has 11 nitrogen and oxygen atoms in total. The van der Waals surface area contributed by atoms with Crippen molar-refractivity contribution in [3.05, 3.63) is 73.6 Å². The van der Waals surface area contributed by atoms with Crippen molar-refractivity contribution >= 4 is 72.3 Å². The lowest BCUT2D eigenvalue weighted by atomic mass is 10.1. The van der Waals surface area contributed by atoms with Crippen LogP contribution in [0.3, 0.4) is 0 Å². The van der Waals surface area contributed by atoms with Crippen molar-refractivity contribution < 1.29 is 22.9 Å². The molecule has 2 N–H and O–H groups in total. The second kappa shape index (κ2) is 10.3. The number of carbonyl (C=O) groups is 1. The highest BCUT2D eigenvalue weighted by Crippen LogP contribution is 2.37. The molecule has 192 valence electrons. The zero-order valence-corrected chi connectivity index (χ0v) is 22.1. The molecule has 2 aromatic heterocycles. The summed E-state index contributed by atoms with van der Waals surface area (Å²) in [5.41, 5.74) is 1.34. The molecule has 14 heteroatoms. The van der Waals surface area contributed by atoms with Gasteiger partial charge in [0.25, 0.3) is 15.7 Å². The van der Waals surface area contributed by atoms with E-state index in [1.807, 2.05) is 6.92 Å². The number of sulfonamides is 1. The van der Waals surface area contributed by atoms with E-state index in [9.17, 15) is 23.3 Å². The van der Waals surface area contributed by atoms with Gasteiger partial charge in [-0.15, -0.1) is 11.3 Å². The maximum Gasteiger partial charge on any atom is 0.341 e. The van der Waals surface area contributed by atoms with Crippen molar-refractivity contribution in [3.8, 4) is 0 Å². The molecule has 0 saturated heterocycles. The number of ether oxygens (including phenoxy) is 1. The Kier molecular flexibility index (Phi) is 7.30. The average Bonchev–Trinajstić information content (AvgIpc) is 3.12. The van der Waals surface area contributed by atoms with E-state index in [1.165, 1.54) is 11.3 Å². The van der Waals surface area contributed by atoms with Crippen LogP contribution in [-0.4, -0.2) is 35.9 Å². The number of aromatic nitrogens is 2. The summed E-state index contributed by atoms with van der Waals surface area (Å²) in [4.78, 5) is 32.5. The Morgan fingerprint density at radius 1 is 1.14 bits per heavy atom. The summed E-state index contributed by atoms with van der Waals surface area (Å²) < 4.78 is 34.0. The third-order valence-electron chi connectivity index (χ3n) is 5.32. The Balaban J connectivity index is 1.82. The third-order valence-corrected chi connectivity index (χ3v) is 8.10. The van der Waals surface area contributed by atoms with Crippen LogP contribution in [0, 0.1) is 24.0 Å². The number of hydrogen-bond acceptors (Lipinski definition) is 10. The molecule has 0 spiro atoms. The van der Waals surface area contributed by atoms with Gasteiger partial charge in [0.15, 0.2) is 11.6 Å². The molecule has 0 fully saturated rings. The molecule has 0 bridgehead atoms. The number of fused-ring (bicyclic) bond motifs is 1. The van der Waals surface area contributed by atoms with Gasteiger partial charge >= 0.3 is 5.97 Å². The average molecular weight is 562 g/mol. The van der Waals surface area contributed by atoms with E-state index in [4.69, 9.17) is 16.3 Å². The van der Waals surface area contributed by atoms with Gasteiger partial charge in [0.05, 0.1) is 33.0 Å². The molecule has 0 aliphatic rings. The number of carbonyl (C=O) groups excluding carboxylic acids is 1. The van der Waals surface area contributed by atoms with E-state index in [-0.39, 0.29) is 28.2 Å². The van der Waals surface area contributed by atoms with E-state index < -0.39 is 26.6 Å². The van der Waals surface area contributed by atoms with Crippen molar-refractivity contribution in [3.63, 3.8) is 0 Å². The highest BCUT2D eigenvalue weighted by Gasteiger charge is 2.25. The predicted molar refractivity (Wildman–Crippen MR) is 141 cm³/mol. The lowest BCUT2D eigenvalue weighted by Crippen LogP contribution is -2.16. The predicted octanol–water partition coefficient (Wildman–Crippen LogP) is 5.59. The number of para-hydroxylation sites is 2. The number of aryl methyl sites for hydroxylation is 1. The molecule has 0 saturated carbocycles. The Bertz CT molecular complexity index is 1660. The van der Waals surface area contributed by atoms with Crippen LogP contribution in [0.15, 0.2) is 47.4 Å². The smallest absolute Gasteiger partial charge is 0.341 e. The minimum absolute atomic E-state index is 0.0255. The molecule has 0 unspecified atom stereocenters. The summed E-state index contributed by atoms with van der Waals surface area (Å²) in [6, 6.07) is 9.95. The van der Waals surface area contributed by atoms with E-state index in [1.54, 1.807) is 38.1 Å². The van der Waals surface area contributed by atoms with Crippen LogP contribution < -0.4 is 10.0 Å². The summed E-state index contributed by atoms with van der Waals surface area (Å²) in [7, 11) is -4.35. The van der Waals surface area contributed by atoms with Crippen LogP contribution in [0.2, 0.25) is 5.02 Å². The van der Waals surface area contributed by atoms with Crippen LogP contribution in [0.4, 0.5) is 22.3 Å². The van der Waals surface area contributed by atoms with Crippen LogP contribution >= 0.6 is 22.9 Å². The zero-order chi connectivity index (χ0) is 26.9. The first-order valence-corrected chi connectivity index (χ1v) is 13.5. The van der Waals surface area contributed by atoms with Crippen LogP contribution in [-0.2, 0) is 14.8 Å². The molecule has 37 heavy (non-hydrogen) atoms. The summed E-state index contributed by atoms with van der Waals surface area (Å²) in [6.07, 6.45) is 0. The first kappa shape index (κ1) is 26.3. The monoisotopic (exact) mass is 561 g/mol. The van der Waals surface area contributed by atoms with Crippen molar-refractivity contribution in [2.45, 2.75) is 25.7 Å². The van der Waals surface area contributed by atoms with Gasteiger partial charge in [-0.2, -0.15) is 0 Å². The lowest BCUT2D eigenvalue weighted by Gasteiger charge is -2.14. The Labute approximate surface area is 220 Å². The first-order valence-electron chi connectivity index (χ1n) is 10.8. The summed E-state index contributed by atoms with van der Waals surface area (Å²) in [6.45, 7) is 5.51. The van der Waals surface area contributed by atoms with Gasteiger partial charge in [0.2, 0.25) is 0 Å². The largest absolute Gasteiger partial charge is 0.462 e. The van der Waals surface area contributed by atoms with E-state index in [2.05, 4.69) is 20.0 Å². The van der Waals surface area contributed by atoms with Gasteiger partial charge in [-0.3, -0.25) is 14.8 Å². The molecular weight excluding hydrogens is 542 g/mol. The normalized spacial score (nSPS) is 11.4. The fourth-order valence-corrected chi connectivity index (χ4v) is 5.68. The number of thiophene rings is 1. The Morgan fingerprint density at radius 2 is 1.78 bits per heavy atom. The highest BCUT2D eigenvalue weighted by molar-refractivity contribution is 7.92. The van der Waals surface area contributed by atoms with Crippen molar-refractivity contribution in [2.75, 3.05) is 16.6 Å². The molecule has 4 rings (SSSR count). The standard InChI is InChI=1S/C23H20ClN5O6S2/c1-4-35-23(30)19-12(2)13(3)36-22(19)27-20-21(26-17-8-6-5-7-16(17)25-20)28-37(33,34)14-9-10-15(24)18(11-14)29(31)32/h5-11H,4H2,1-3H3,(H,25,27)(H,26,28). The van der Waals surface area contributed by atoms with Gasteiger partial charge in [-0.05, 0) is 50.6 Å². The molecular formula is C23H20ClN5O6S2. The van der Waals surface area contributed by atoms with Crippen molar-refractivity contribution in [1.29, 1.82) is 0 Å². The van der Waals surface area contributed by atoms with Crippen LogP contribution in [0.1, 0.15) is 27.7 Å². The number of nitro benzene ring substituents is 1. The minimum atomic E-state index is -4.35. The van der Waals surface area contributed by atoms with Gasteiger partial charge in [-0.1, -0.05) is 23.7 Å². The number of benzene rings is 2. The van der Waals surface area contributed by atoms with Gasteiger partial charge < -0.3 is 10.1 Å². The van der Waals surface area contributed by atoms with E-state index >= 15 is 0 Å². The first-order chi connectivity index (χ1) is 17.5. The number of esters is 1. The highest BCUT2D eigenvalue weighted by atomic mass is 35.5. The van der Waals surface area contributed by atoms with Gasteiger partial charge in [0, 0.05) is 10.9 Å². The zero-order valence-electron chi connectivity index (χ0n) is 19.7. The topological polar surface area (TPSA) is 153 Å². The number of halogens is 1. The Hall–Kier alpha value is -3.81. The molecule has 2 heterocycles. The number of rotatable bonds is 8. The number of nitrogens with one attached hydrogen (secondary N) is 2. The fraction of sp³-hybridized carbons (Fsp3) is 0.174. The molecule has 0 radical (unpaired) electrons. The SMILES string of the molecule is CCOC(=O)c1c(Nc2nc3ccccc3nc2NS(=O)(=O)c2ccc(Cl)c([N+](=O)[O-])c2)sc(C)c1C. The molecule has 0 atom stereocenters. The van der Waals surface area contributed by atoms with E-state index in [0.29, 0.717) is 21.6 Å². The summed E-state index contributed by atoms with van der Waals surface area (Å²) in [5.74, 6) is -0.677. The second-order valence-corrected chi connectivity index (χ2v) is 11.0. The Morgan fingerprint density at radius 3 is 2.41 bits per heavy atom. The summed E-state index contributed by atoms with van der Waals surface area (Å²) >= 11 is 7.11. The molecule has 0 aliphatic heterocycles. The van der Waals surface area contributed by atoms with Gasteiger partial charge in [0.1, 0.15) is 10.0 Å². The maximum absolute atomic E-state index is 13.2. The van der Waals surface area contributed by atoms with Gasteiger partial charge in [-0.25, -0.2) is 23.2 Å². The fourth-order valence-electron chi connectivity index (χ4n) is 3.42. The van der Waals surface area contributed by atoms with Crippen LogP contribution in [0.5, 0.6) is 0 Å². The quantitative estimate of drug-likeness (QED) is 0.159. The second-order valence-electron chi connectivity index (χ2n) is 7.72. The molecule has 4 aromatic rings.